The number of nitrogens with one attached hydrogen (secondary N) is 1. The first-order chi connectivity index (χ1) is 12.5. The normalized spacial score (nSPS) is 11.2. The lowest BCUT2D eigenvalue weighted by atomic mass is 10.1. The van der Waals surface area contributed by atoms with Crippen molar-refractivity contribution in [2.24, 2.45) is 0 Å². The fraction of sp³-hybridized carbons (Fsp3) is 0.105. The zero-order valence-electron chi connectivity index (χ0n) is 14.1. The van der Waals surface area contributed by atoms with E-state index >= 15 is 0 Å². The minimum Gasteiger partial charge on any atom is -0.506 e. The molecule has 7 nitrogen and oxygen atoms in total. The molecule has 0 radical (unpaired) electrons. The minimum atomic E-state index is -0.753. The number of aromatic nitrogens is 3. The Bertz CT molecular complexity index is 1240. The second-order valence-electron chi connectivity index (χ2n) is 5.98. The number of hydrogen-bond donors (Lipinski definition) is 2. The molecule has 0 unspecified atom stereocenters. The van der Waals surface area contributed by atoms with Crippen molar-refractivity contribution in [3.63, 3.8) is 0 Å². The number of hydrogen-bond acceptors (Lipinski definition) is 5. The molecule has 0 spiro atoms. The molecule has 0 bridgehead atoms. The molecule has 0 saturated carbocycles. The van der Waals surface area contributed by atoms with Gasteiger partial charge in [-0.15, -0.1) is 0 Å². The first-order valence-electron chi connectivity index (χ1n) is 7.92. The maximum absolute atomic E-state index is 12.3. The Hall–Kier alpha value is -3.61. The third kappa shape index (κ3) is 2.33. The summed E-state index contributed by atoms with van der Waals surface area (Å²) in [4.78, 5) is 30.3. The van der Waals surface area contributed by atoms with Crippen LogP contribution in [0.15, 0.2) is 52.1 Å². The van der Waals surface area contributed by atoms with Crippen LogP contribution in [0.4, 0.5) is 0 Å². The molecule has 4 rings (SSSR count). The van der Waals surface area contributed by atoms with Crippen LogP contribution < -0.4 is 16.0 Å². The lowest BCUT2D eigenvalue weighted by Gasteiger charge is -2.20. The van der Waals surface area contributed by atoms with Crippen LogP contribution in [0.25, 0.3) is 28.0 Å². The van der Waals surface area contributed by atoms with Crippen molar-refractivity contribution in [3.05, 3.63) is 68.9 Å². The van der Waals surface area contributed by atoms with E-state index in [1.165, 1.54) is 7.11 Å². The number of benzene rings is 2. The Kier molecular flexibility index (Phi) is 3.50. The van der Waals surface area contributed by atoms with Gasteiger partial charge in [0.05, 0.1) is 23.9 Å². The maximum Gasteiger partial charge on any atom is 0.349 e. The molecule has 2 aromatic rings. The summed E-state index contributed by atoms with van der Waals surface area (Å²) in [5, 5.41) is 11.2. The highest BCUT2D eigenvalue weighted by atomic mass is 16.5. The van der Waals surface area contributed by atoms with E-state index in [4.69, 9.17) is 4.74 Å². The van der Waals surface area contributed by atoms with Crippen LogP contribution in [-0.4, -0.2) is 26.8 Å². The summed E-state index contributed by atoms with van der Waals surface area (Å²) in [6.07, 6.45) is 0. The van der Waals surface area contributed by atoms with Crippen molar-refractivity contribution < 1.29 is 9.84 Å². The first-order valence-corrected chi connectivity index (χ1v) is 7.92. The molecular weight excluding hydrogens is 334 g/mol. The Morgan fingerprint density at radius 3 is 2.69 bits per heavy atom. The van der Waals surface area contributed by atoms with E-state index in [1.54, 1.807) is 34.9 Å². The number of ether oxygens (including phenoxy) is 1. The monoisotopic (exact) mass is 349 g/mol. The first kappa shape index (κ1) is 15.9. The zero-order chi connectivity index (χ0) is 18.4. The van der Waals surface area contributed by atoms with Gasteiger partial charge in [-0.1, -0.05) is 18.2 Å². The summed E-state index contributed by atoms with van der Waals surface area (Å²) < 4.78 is 7.05. The number of rotatable bonds is 2. The van der Waals surface area contributed by atoms with E-state index < -0.39 is 11.2 Å². The van der Waals surface area contributed by atoms with E-state index in [2.05, 4.69) is 9.97 Å². The number of para-hydroxylation sites is 1. The van der Waals surface area contributed by atoms with Gasteiger partial charge in [-0.2, -0.15) is 4.98 Å². The quantitative estimate of drug-likeness (QED) is 0.541. The summed E-state index contributed by atoms with van der Waals surface area (Å²) in [7, 11) is 1.53. The number of methoxy groups -OCH3 is 1. The van der Waals surface area contributed by atoms with Crippen LogP contribution >= 0.6 is 0 Å². The van der Waals surface area contributed by atoms with Crippen LogP contribution in [0.5, 0.6) is 11.5 Å². The Labute approximate surface area is 147 Å². The van der Waals surface area contributed by atoms with Gasteiger partial charge in [0.2, 0.25) is 0 Å². The molecule has 0 fully saturated rings. The van der Waals surface area contributed by atoms with Gasteiger partial charge in [-0.05, 0) is 36.8 Å². The zero-order valence-corrected chi connectivity index (χ0v) is 14.1. The van der Waals surface area contributed by atoms with Crippen molar-refractivity contribution in [3.8, 4) is 28.6 Å². The predicted molar refractivity (Wildman–Crippen MR) is 97.5 cm³/mol. The van der Waals surface area contributed by atoms with E-state index in [1.807, 2.05) is 19.1 Å². The third-order valence-corrected chi connectivity index (χ3v) is 4.27. The van der Waals surface area contributed by atoms with Gasteiger partial charge in [0.1, 0.15) is 11.5 Å². The van der Waals surface area contributed by atoms with Gasteiger partial charge in [-0.25, -0.2) is 4.79 Å². The molecular formula is C19H15N3O4. The van der Waals surface area contributed by atoms with Crippen LogP contribution in [0.1, 0.15) is 5.56 Å². The largest absolute Gasteiger partial charge is 0.506 e. The number of phenolic OH excluding ortho intramolecular Hbond substituents is 1. The minimum absolute atomic E-state index is 0.00392. The van der Waals surface area contributed by atoms with Gasteiger partial charge in [0.15, 0.2) is 5.82 Å². The molecule has 0 amide bonds. The van der Waals surface area contributed by atoms with E-state index in [0.717, 1.165) is 5.56 Å². The average Bonchev–Trinajstić information content (AvgIpc) is 2.60. The summed E-state index contributed by atoms with van der Waals surface area (Å²) in [6, 6.07) is 12.2. The molecule has 2 aromatic carbocycles. The summed E-state index contributed by atoms with van der Waals surface area (Å²) in [5.74, 6) is 0.679. The Balaban J connectivity index is 2.30. The van der Waals surface area contributed by atoms with Crippen LogP contribution in [0.3, 0.4) is 0 Å². The highest BCUT2D eigenvalue weighted by Gasteiger charge is 2.21. The molecule has 0 saturated heterocycles. The number of aryl methyl sites for hydroxylation is 1. The van der Waals surface area contributed by atoms with Crippen LogP contribution in [-0.2, 0) is 0 Å². The average molecular weight is 349 g/mol. The van der Waals surface area contributed by atoms with Crippen molar-refractivity contribution in [2.75, 3.05) is 7.11 Å². The molecule has 2 aliphatic heterocycles. The van der Waals surface area contributed by atoms with Gasteiger partial charge >= 0.3 is 5.69 Å². The van der Waals surface area contributed by atoms with Gasteiger partial charge in [0, 0.05) is 5.39 Å². The number of aromatic amines is 1. The van der Waals surface area contributed by atoms with Gasteiger partial charge in [0.25, 0.3) is 5.56 Å². The third-order valence-electron chi connectivity index (χ3n) is 4.27. The Morgan fingerprint density at radius 2 is 1.96 bits per heavy atom. The lowest BCUT2D eigenvalue weighted by molar-refractivity contribution is 0.418. The van der Waals surface area contributed by atoms with Crippen molar-refractivity contribution in [1.82, 2.24) is 14.5 Å². The SMILES string of the molecule is COc1cccc2cc3c(=O)[nH]c(=O)nc-3n(-c3ccc(C)cc3O)c12. The summed E-state index contributed by atoms with van der Waals surface area (Å²) in [6.45, 7) is 1.86. The lowest BCUT2D eigenvalue weighted by Crippen LogP contribution is -2.27. The molecule has 0 atom stereocenters. The maximum atomic E-state index is 12.3. The fourth-order valence-corrected chi connectivity index (χ4v) is 3.13. The molecule has 130 valence electrons. The molecule has 2 heterocycles. The number of H-pyrrole nitrogens is 1. The summed E-state index contributed by atoms with van der Waals surface area (Å²) in [5.41, 5.74) is 0.818. The number of aromatic hydroxyl groups is 1. The van der Waals surface area contributed by atoms with Crippen molar-refractivity contribution in [2.45, 2.75) is 6.92 Å². The highest BCUT2D eigenvalue weighted by molar-refractivity contribution is 5.92. The standard InChI is InChI=1S/C19H15N3O4/c1-10-6-7-13(14(23)8-10)22-16-11(4-3-5-15(16)26-2)9-12-17(22)20-19(25)21-18(12)24/h3-9,23H,1-2H3,(H,21,24,25). The smallest absolute Gasteiger partial charge is 0.349 e. The second kappa shape index (κ2) is 5.73. The fourth-order valence-electron chi connectivity index (χ4n) is 3.13. The topological polar surface area (TPSA) is 97.2 Å². The van der Waals surface area contributed by atoms with Gasteiger partial charge in [-0.3, -0.25) is 14.3 Å². The van der Waals surface area contributed by atoms with Crippen LogP contribution in [0, 0.1) is 6.92 Å². The predicted octanol–water partition coefficient (Wildman–Crippen LogP) is 2.20. The molecule has 0 aromatic heterocycles. The second-order valence-corrected chi connectivity index (χ2v) is 5.98. The van der Waals surface area contributed by atoms with E-state index in [9.17, 15) is 14.7 Å². The highest BCUT2D eigenvalue weighted by Crippen LogP contribution is 2.36. The van der Waals surface area contributed by atoms with Crippen molar-refractivity contribution >= 4 is 10.9 Å². The number of phenols is 1. The van der Waals surface area contributed by atoms with E-state index in [0.29, 0.717) is 22.3 Å². The van der Waals surface area contributed by atoms with Gasteiger partial charge < -0.3 is 9.84 Å². The molecule has 2 N–H and O–H groups in total. The van der Waals surface area contributed by atoms with Crippen molar-refractivity contribution in [1.29, 1.82) is 0 Å². The molecule has 2 aliphatic rings. The summed E-state index contributed by atoms with van der Waals surface area (Å²) >= 11 is 0. The number of pyridine rings is 1. The molecule has 26 heavy (non-hydrogen) atoms. The number of nitrogens with zero attached hydrogens (tertiary/aromatic N) is 2. The Morgan fingerprint density at radius 1 is 1.15 bits per heavy atom. The van der Waals surface area contributed by atoms with E-state index in [-0.39, 0.29) is 17.1 Å². The molecule has 0 aliphatic carbocycles. The number of fused-ring (bicyclic) bond motifs is 2. The molecule has 7 heteroatoms. The van der Waals surface area contributed by atoms with Crippen LogP contribution in [0.2, 0.25) is 0 Å².